The van der Waals surface area contributed by atoms with Crippen LogP contribution in [-0.4, -0.2) is 70.9 Å². The van der Waals surface area contributed by atoms with Crippen LogP contribution in [0, 0.1) is 0 Å². The van der Waals surface area contributed by atoms with E-state index in [-0.39, 0.29) is 6.04 Å². The summed E-state index contributed by atoms with van der Waals surface area (Å²) in [4.78, 5) is 23.8. The molecule has 0 spiro atoms. The summed E-state index contributed by atoms with van der Waals surface area (Å²) in [7, 11) is 0. The number of carbonyl (C=O) groups is 1. The molecule has 1 aromatic heterocycles. The first-order valence-electron chi connectivity index (χ1n) is 8.43. The van der Waals surface area contributed by atoms with E-state index in [0.29, 0.717) is 5.91 Å². The second-order valence-electron chi connectivity index (χ2n) is 6.21. The van der Waals surface area contributed by atoms with Gasteiger partial charge < -0.3 is 4.90 Å². The zero-order valence-electron chi connectivity index (χ0n) is 13.4. The Kier molecular flexibility index (Phi) is 5.05. The highest BCUT2D eigenvalue weighted by Gasteiger charge is 2.33. The van der Waals surface area contributed by atoms with Crippen LogP contribution >= 0.6 is 0 Å². The van der Waals surface area contributed by atoms with E-state index in [0.717, 1.165) is 64.3 Å². The van der Waals surface area contributed by atoms with Crippen molar-refractivity contribution in [3.63, 3.8) is 0 Å². The smallest absolute Gasteiger partial charge is 0.240 e. The highest BCUT2D eigenvalue weighted by Crippen LogP contribution is 2.19. The largest absolute Gasteiger partial charge is 0.339 e. The van der Waals surface area contributed by atoms with Gasteiger partial charge in [-0.2, -0.15) is 0 Å². The van der Waals surface area contributed by atoms with Gasteiger partial charge in [0.05, 0.1) is 11.7 Å². The lowest BCUT2D eigenvalue weighted by atomic mass is 10.1. The quantitative estimate of drug-likeness (QED) is 0.838. The van der Waals surface area contributed by atoms with Crippen molar-refractivity contribution in [2.24, 2.45) is 0 Å². The van der Waals surface area contributed by atoms with Crippen molar-refractivity contribution in [1.82, 2.24) is 19.7 Å². The maximum atomic E-state index is 12.7. The molecule has 5 nitrogen and oxygen atoms in total. The second-order valence-corrected chi connectivity index (χ2v) is 6.21. The average molecular weight is 302 g/mol. The summed E-state index contributed by atoms with van der Waals surface area (Å²) < 4.78 is 0. The van der Waals surface area contributed by atoms with Gasteiger partial charge in [0.15, 0.2) is 0 Å². The monoisotopic (exact) mass is 302 g/mol. The first-order chi connectivity index (χ1) is 10.8. The lowest BCUT2D eigenvalue weighted by Crippen LogP contribution is -2.53. The van der Waals surface area contributed by atoms with Gasteiger partial charge in [-0.3, -0.25) is 19.6 Å². The van der Waals surface area contributed by atoms with Crippen LogP contribution in [0.2, 0.25) is 0 Å². The zero-order valence-corrected chi connectivity index (χ0v) is 13.4. The van der Waals surface area contributed by atoms with Crippen LogP contribution in [0.25, 0.3) is 0 Å². The van der Waals surface area contributed by atoms with Gasteiger partial charge in [-0.15, -0.1) is 0 Å². The van der Waals surface area contributed by atoms with Crippen molar-refractivity contribution in [3.05, 3.63) is 30.1 Å². The topological polar surface area (TPSA) is 39.7 Å². The Balaban J connectivity index is 1.50. The molecule has 2 aliphatic heterocycles. The van der Waals surface area contributed by atoms with Crippen LogP contribution in [0.1, 0.15) is 25.5 Å². The molecule has 3 rings (SSSR count). The molecule has 0 saturated carbocycles. The van der Waals surface area contributed by atoms with Crippen molar-refractivity contribution < 1.29 is 4.79 Å². The zero-order chi connectivity index (χ0) is 15.4. The van der Waals surface area contributed by atoms with Crippen molar-refractivity contribution in [2.45, 2.75) is 32.4 Å². The molecule has 3 heterocycles. The Morgan fingerprint density at radius 1 is 1.23 bits per heavy atom. The number of piperazine rings is 1. The van der Waals surface area contributed by atoms with Gasteiger partial charge in [0.25, 0.3) is 0 Å². The Hall–Kier alpha value is -1.46. The van der Waals surface area contributed by atoms with Gasteiger partial charge >= 0.3 is 0 Å². The molecule has 0 N–H and O–H groups in total. The molecule has 1 amide bonds. The van der Waals surface area contributed by atoms with Crippen LogP contribution in [0.15, 0.2) is 24.4 Å². The van der Waals surface area contributed by atoms with E-state index in [1.807, 2.05) is 18.3 Å². The maximum Gasteiger partial charge on any atom is 0.240 e. The molecule has 22 heavy (non-hydrogen) atoms. The van der Waals surface area contributed by atoms with Crippen molar-refractivity contribution >= 4 is 5.91 Å². The summed E-state index contributed by atoms with van der Waals surface area (Å²) in [5, 5.41) is 0. The number of likely N-dealkylation sites (tertiary alicyclic amines) is 1. The van der Waals surface area contributed by atoms with Gasteiger partial charge in [0, 0.05) is 38.9 Å². The highest BCUT2D eigenvalue weighted by atomic mass is 16.2. The molecule has 1 aromatic rings. The number of likely N-dealkylation sites (N-methyl/N-ethyl adjacent to an activating group) is 1. The number of pyridine rings is 1. The number of aromatic nitrogens is 1. The van der Waals surface area contributed by atoms with E-state index >= 15 is 0 Å². The fraction of sp³-hybridized carbons (Fsp3) is 0.647. The fourth-order valence-electron chi connectivity index (χ4n) is 3.54. The molecule has 2 fully saturated rings. The Bertz CT molecular complexity index is 485. The molecule has 0 aliphatic carbocycles. The first kappa shape index (κ1) is 15.4. The van der Waals surface area contributed by atoms with Crippen LogP contribution < -0.4 is 0 Å². The van der Waals surface area contributed by atoms with Gasteiger partial charge in [-0.1, -0.05) is 13.0 Å². The molecular weight excluding hydrogens is 276 g/mol. The van der Waals surface area contributed by atoms with E-state index < -0.39 is 0 Å². The van der Waals surface area contributed by atoms with Crippen LogP contribution in [0.3, 0.4) is 0 Å². The minimum Gasteiger partial charge on any atom is -0.339 e. The standard InChI is InChI=1S/C17H26N4O/c1-2-20-9-5-7-16(20)17(22)21-12-10-19(11-13-21)14-15-6-3-4-8-18-15/h3-4,6,8,16H,2,5,7,9-14H2,1H3. The predicted octanol–water partition coefficient (Wildman–Crippen LogP) is 1.21. The number of carbonyl (C=O) groups excluding carboxylic acids is 1. The van der Waals surface area contributed by atoms with Crippen LogP contribution in [0.5, 0.6) is 0 Å². The third-order valence-corrected chi connectivity index (χ3v) is 4.85. The normalized spacial score (nSPS) is 23.9. The molecular formula is C17H26N4O. The number of rotatable bonds is 4. The summed E-state index contributed by atoms with van der Waals surface area (Å²) >= 11 is 0. The predicted molar refractivity (Wildman–Crippen MR) is 86.4 cm³/mol. The average Bonchev–Trinajstić information content (AvgIpc) is 3.04. The van der Waals surface area contributed by atoms with Crippen molar-refractivity contribution in [3.8, 4) is 0 Å². The SMILES string of the molecule is CCN1CCCC1C(=O)N1CCN(Cc2ccccn2)CC1. The highest BCUT2D eigenvalue weighted by molar-refractivity contribution is 5.82. The lowest BCUT2D eigenvalue weighted by Gasteiger charge is -2.37. The Morgan fingerprint density at radius 3 is 2.73 bits per heavy atom. The number of nitrogens with zero attached hydrogens (tertiary/aromatic N) is 4. The second kappa shape index (κ2) is 7.20. The van der Waals surface area contributed by atoms with Crippen LogP contribution in [0.4, 0.5) is 0 Å². The minimum atomic E-state index is 0.132. The van der Waals surface area contributed by atoms with Gasteiger partial charge in [-0.05, 0) is 38.1 Å². The molecule has 1 unspecified atom stereocenters. The van der Waals surface area contributed by atoms with E-state index in [4.69, 9.17) is 0 Å². The van der Waals surface area contributed by atoms with E-state index in [1.54, 1.807) is 0 Å². The maximum absolute atomic E-state index is 12.7. The Labute approximate surface area is 132 Å². The van der Waals surface area contributed by atoms with Crippen LogP contribution in [-0.2, 0) is 11.3 Å². The van der Waals surface area contributed by atoms with Gasteiger partial charge in [-0.25, -0.2) is 0 Å². The summed E-state index contributed by atoms with van der Waals surface area (Å²) in [6.07, 6.45) is 4.03. The lowest BCUT2D eigenvalue weighted by molar-refractivity contribution is -0.137. The summed E-state index contributed by atoms with van der Waals surface area (Å²) in [5.41, 5.74) is 1.11. The van der Waals surface area contributed by atoms with Gasteiger partial charge in [0.1, 0.15) is 0 Å². The van der Waals surface area contributed by atoms with E-state index in [2.05, 4.69) is 32.7 Å². The first-order valence-corrected chi connectivity index (χ1v) is 8.43. The summed E-state index contributed by atoms with van der Waals surface area (Å²) in [5.74, 6) is 0.344. The molecule has 0 aromatic carbocycles. The minimum absolute atomic E-state index is 0.132. The number of hydrogen-bond donors (Lipinski definition) is 0. The third-order valence-electron chi connectivity index (χ3n) is 4.85. The van der Waals surface area contributed by atoms with E-state index in [9.17, 15) is 4.79 Å². The van der Waals surface area contributed by atoms with E-state index in [1.165, 1.54) is 0 Å². The molecule has 2 aliphatic rings. The number of amides is 1. The molecule has 2 saturated heterocycles. The molecule has 120 valence electrons. The molecule has 0 bridgehead atoms. The molecule has 1 atom stereocenters. The molecule has 0 radical (unpaired) electrons. The Morgan fingerprint density at radius 2 is 2.05 bits per heavy atom. The third kappa shape index (κ3) is 3.47. The van der Waals surface area contributed by atoms with Crippen molar-refractivity contribution in [1.29, 1.82) is 0 Å². The molecule has 5 heteroatoms. The summed E-state index contributed by atoms with van der Waals surface area (Å²) in [6, 6.07) is 6.17. The van der Waals surface area contributed by atoms with Crippen molar-refractivity contribution in [2.75, 3.05) is 39.3 Å². The number of hydrogen-bond acceptors (Lipinski definition) is 4. The van der Waals surface area contributed by atoms with Gasteiger partial charge in [0.2, 0.25) is 5.91 Å². The fourth-order valence-corrected chi connectivity index (χ4v) is 3.54. The summed E-state index contributed by atoms with van der Waals surface area (Å²) in [6.45, 7) is 8.67.